The van der Waals surface area contributed by atoms with E-state index in [4.69, 9.17) is 9.47 Å². The van der Waals surface area contributed by atoms with E-state index in [0.717, 1.165) is 18.4 Å². The number of carbonyl (C=O) groups excluding carboxylic acids is 1. The predicted molar refractivity (Wildman–Crippen MR) is 66.7 cm³/mol. The Kier molecular flexibility index (Phi) is 2.65. The Morgan fingerprint density at radius 3 is 2.83 bits per heavy atom. The van der Waals surface area contributed by atoms with Crippen molar-refractivity contribution in [1.82, 2.24) is 4.90 Å². The number of rotatable bonds is 2. The molecule has 1 aliphatic carbocycles. The Labute approximate surface area is 106 Å². The van der Waals surface area contributed by atoms with Crippen molar-refractivity contribution in [2.75, 3.05) is 7.11 Å². The third-order valence-electron chi connectivity index (χ3n) is 3.53. The molecule has 0 aromatic heterocycles. The quantitative estimate of drug-likeness (QED) is 0.802. The molecule has 1 atom stereocenters. The number of fused-ring (bicyclic) bond motifs is 1. The molecule has 4 nitrogen and oxygen atoms in total. The summed E-state index contributed by atoms with van der Waals surface area (Å²) in [5.74, 6) is 1.49. The lowest BCUT2D eigenvalue weighted by Crippen LogP contribution is -2.39. The van der Waals surface area contributed by atoms with E-state index >= 15 is 0 Å². The van der Waals surface area contributed by atoms with Gasteiger partial charge in [-0.05, 0) is 25.8 Å². The van der Waals surface area contributed by atoms with Crippen molar-refractivity contribution in [2.45, 2.75) is 38.5 Å². The van der Waals surface area contributed by atoms with Crippen LogP contribution in [0.4, 0.5) is 0 Å². The lowest BCUT2D eigenvalue weighted by Gasteiger charge is -2.21. The van der Waals surface area contributed by atoms with Gasteiger partial charge in [-0.2, -0.15) is 0 Å². The Balaban J connectivity index is 2.01. The van der Waals surface area contributed by atoms with Crippen LogP contribution in [0.25, 0.3) is 0 Å². The number of hydrogen-bond donors (Lipinski definition) is 0. The van der Waals surface area contributed by atoms with Crippen molar-refractivity contribution in [3.05, 3.63) is 23.8 Å². The van der Waals surface area contributed by atoms with Crippen LogP contribution in [0.1, 0.15) is 25.3 Å². The summed E-state index contributed by atoms with van der Waals surface area (Å²) in [5.41, 5.74) is 1.03. The van der Waals surface area contributed by atoms with Crippen LogP contribution in [-0.4, -0.2) is 30.1 Å². The van der Waals surface area contributed by atoms with Gasteiger partial charge in [0.15, 0.2) is 17.6 Å². The second-order valence-corrected chi connectivity index (χ2v) is 4.91. The van der Waals surface area contributed by atoms with Crippen molar-refractivity contribution >= 4 is 5.91 Å². The highest BCUT2D eigenvalue weighted by Crippen LogP contribution is 2.38. The molecule has 2 aliphatic rings. The molecule has 1 fully saturated rings. The maximum atomic E-state index is 12.3. The molecule has 0 spiro atoms. The molecule has 1 aromatic carbocycles. The molecule has 0 unspecified atom stereocenters. The minimum atomic E-state index is -0.442. The molecule has 0 radical (unpaired) electrons. The largest absolute Gasteiger partial charge is 0.493 e. The van der Waals surface area contributed by atoms with Crippen molar-refractivity contribution < 1.29 is 14.3 Å². The molecule has 3 rings (SSSR count). The number of carbonyl (C=O) groups is 1. The predicted octanol–water partition coefficient (Wildman–Crippen LogP) is 1.97. The van der Waals surface area contributed by atoms with Gasteiger partial charge in [-0.15, -0.1) is 0 Å². The van der Waals surface area contributed by atoms with Crippen molar-refractivity contribution in [2.24, 2.45) is 0 Å². The van der Waals surface area contributed by atoms with Gasteiger partial charge in [0.1, 0.15) is 0 Å². The van der Waals surface area contributed by atoms with Gasteiger partial charge in [0.05, 0.1) is 7.11 Å². The fourth-order valence-corrected chi connectivity index (χ4v) is 2.40. The van der Waals surface area contributed by atoms with Crippen LogP contribution in [0.5, 0.6) is 11.5 Å². The summed E-state index contributed by atoms with van der Waals surface area (Å²) in [6, 6.07) is 6.20. The molecule has 4 heteroatoms. The molecule has 1 saturated carbocycles. The fraction of sp³-hybridized carbons (Fsp3) is 0.500. The second kappa shape index (κ2) is 4.19. The van der Waals surface area contributed by atoms with Crippen molar-refractivity contribution in [3.8, 4) is 11.5 Å². The smallest absolute Gasteiger partial charge is 0.263 e. The summed E-state index contributed by atoms with van der Waals surface area (Å²) in [4.78, 5) is 14.2. The number of methoxy groups -OCH3 is 1. The second-order valence-electron chi connectivity index (χ2n) is 4.91. The molecule has 1 heterocycles. The molecule has 0 saturated heterocycles. The molecular formula is C14H17NO3. The zero-order valence-corrected chi connectivity index (χ0v) is 10.7. The maximum absolute atomic E-state index is 12.3. The summed E-state index contributed by atoms with van der Waals surface area (Å²) < 4.78 is 11.1. The van der Waals surface area contributed by atoms with Gasteiger partial charge in [-0.1, -0.05) is 12.1 Å². The van der Waals surface area contributed by atoms with Crippen LogP contribution in [0.3, 0.4) is 0 Å². The summed E-state index contributed by atoms with van der Waals surface area (Å²) in [6.07, 6.45) is 1.78. The first-order valence-corrected chi connectivity index (χ1v) is 6.33. The Morgan fingerprint density at radius 1 is 1.39 bits per heavy atom. The highest BCUT2D eigenvalue weighted by atomic mass is 16.5. The van der Waals surface area contributed by atoms with E-state index in [-0.39, 0.29) is 5.91 Å². The topological polar surface area (TPSA) is 38.8 Å². The van der Waals surface area contributed by atoms with E-state index in [2.05, 4.69) is 0 Å². The van der Waals surface area contributed by atoms with Crippen molar-refractivity contribution in [3.63, 3.8) is 0 Å². The third kappa shape index (κ3) is 1.82. The molecule has 0 N–H and O–H groups in total. The number of amides is 1. The van der Waals surface area contributed by atoms with E-state index in [1.54, 1.807) is 14.0 Å². The van der Waals surface area contributed by atoms with Crippen LogP contribution < -0.4 is 9.47 Å². The first kappa shape index (κ1) is 11.4. The zero-order chi connectivity index (χ0) is 12.7. The summed E-state index contributed by atoms with van der Waals surface area (Å²) >= 11 is 0. The van der Waals surface area contributed by atoms with E-state index < -0.39 is 6.10 Å². The van der Waals surface area contributed by atoms with E-state index in [1.165, 1.54) is 0 Å². The number of para-hydroxylation sites is 1. The maximum Gasteiger partial charge on any atom is 0.263 e. The van der Waals surface area contributed by atoms with Gasteiger partial charge in [0.2, 0.25) is 0 Å². The number of nitrogens with zero attached hydrogens (tertiary/aromatic N) is 1. The Hall–Kier alpha value is -1.71. The first-order chi connectivity index (χ1) is 8.70. The highest BCUT2D eigenvalue weighted by Gasteiger charge is 2.38. The fourth-order valence-electron chi connectivity index (χ4n) is 2.40. The van der Waals surface area contributed by atoms with Crippen LogP contribution in [0, 0.1) is 0 Å². The Bertz CT molecular complexity index is 482. The van der Waals surface area contributed by atoms with Crippen LogP contribution in [0.2, 0.25) is 0 Å². The average Bonchev–Trinajstić information content (AvgIpc) is 3.20. The highest BCUT2D eigenvalue weighted by molar-refractivity contribution is 5.82. The van der Waals surface area contributed by atoms with Crippen molar-refractivity contribution in [1.29, 1.82) is 0 Å². The summed E-state index contributed by atoms with van der Waals surface area (Å²) in [7, 11) is 1.62. The van der Waals surface area contributed by atoms with Gasteiger partial charge in [-0.25, -0.2) is 0 Å². The average molecular weight is 247 g/mol. The number of hydrogen-bond acceptors (Lipinski definition) is 3. The normalized spacial score (nSPS) is 23.1. The molecule has 1 amide bonds. The zero-order valence-electron chi connectivity index (χ0n) is 10.7. The van der Waals surface area contributed by atoms with Gasteiger partial charge in [0.25, 0.3) is 5.91 Å². The van der Waals surface area contributed by atoms with Gasteiger partial charge in [-0.3, -0.25) is 4.79 Å². The van der Waals surface area contributed by atoms with Crippen LogP contribution in [0.15, 0.2) is 18.2 Å². The summed E-state index contributed by atoms with van der Waals surface area (Å²) in [6.45, 7) is 2.43. The van der Waals surface area contributed by atoms with E-state index in [1.807, 2.05) is 23.1 Å². The molecule has 96 valence electrons. The van der Waals surface area contributed by atoms with E-state index in [0.29, 0.717) is 24.1 Å². The minimum absolute atomic E-state index is 0.0794. The molecular weight excluding hydrogens is 230 g/mol. The lowest BCUT2D eigenvalue weighted by molar-refractivity contribution is -0.138. The number of ether oxygens (including phenoxy) is 2. The lowest BCUT2D eigenvalue weighted by atomic mass is 10.1. The van der Waals surface area contributed by atoms with Crippen LogP contribution in [-0.2, 0) is 11.3 Å². The Morgan fingerprint density at radius 2 is 2.17 bits per heavy atom. The van der Waals surface area contributed by atoms with Gasteiger partial charge >= 0.3 is 0 Å². The van der Waals surface area contributed by atoms with E-state index in [9.17, 15) is 4.79 Å². The molecule has 0 bridgehead atoms. The summed E-state index contributed by atoms with van der Waals surface area (Å²) in [5, 5.41) is 0. The molecule has 1 aromatic rings. The van der Waals surface area contributed by atoms with Crippen LogP contribution >= 0.6 is 0 Å². The van der Waals surface area contributed by atoms with Gasteiger partial charge < -0.3 is 14.4 Å². The molecule has 1 aliphatic heterocycles. The SMILES string of the molecule is COc1cccc2c1O[C@@H](C)C(=O)N(C1CC1)C2. The standard InChI is InChI=1S/C14H17NO3/c1-9-14(16)15(11-6-7-11)8-10-4-3-5-12(17-2)13(10)18-9/h3-5,9,11H,6-8H2,1-2H3/t9-/m0/s1. The minimum Gasteiger partial charge on any atom is -0.493 e. The first-order valence-electron chi connectivity index (χ1n) is 6.33. The number of benzene rings is 1. The molecule has 18 heavy (non-hydrogen) atoms. The monoisotopic (exact) mass is 247 g/mol. The van der Waals surface area contributed by atoms with Gasteiger partial charge in [0, 0.05) is 18.2 Å². The third-order valence-corrected chi connectivity index (χ3v) is 3.53.